The van der Waals surface area contributed by atoms with Gasteiger partial charge in [0.05, 0.1) is 23.2 Å². The molecule has 0 aliphatic carbocycles. The zero-order valence-corrected chi connectivity index (χ0v) is 10.1. The molecule has 0 aliphatic heterocycles. The average Bonchev–Trinajstić information content (AvgIpc) is 2.37. The minimum Gasteiger partial charge on any atom is -0.395 e. The van der Waals surface area contributed by atoms with Crippen molar-refractivity contribution in [3.05, 3.63) is 39.4 Å². The van der Waals surface area contributed by atoms with Crippen LogP contribution in [0.3, 0.4) is 0 Å². The smallest absolute Gasteiger partial charge is 0.307 e. The summed E-state index contributed by atoms with van der Waals surface area (Å²) in [4.78, 5) is 22.3. The third-order valence-electron chi connectivity index (χ3n) is 2.50. The van der Waals surface area contributed by atoms with Crippen molar-refractivity contribution < 1.29 is 23.6 Å². The Morgan fingerprint density at radius 3 is 2.53 bits per heavy atom. The first-order valence-electron chi connectivity index (χ1n) is 5.45. The highest BCUT2D eigenvalue weighted by Gasteiger charge is 2.24. The summed E-state index contributed by atoms with van der Waals surface area (Å²) in [5, 5.41) is 19.2. The van der Waals surface area contributed by atoms with Gasteiger partial charge in [-0.2, -0.15) is 4.39 Å². The van der Waals surface area contributed by atoms with E-state index >= 15 is 0 Å². The molecule has 1 rings (SSSR count). The molecule has 0 bridgehead atoms. The van der Waals surface area contributed by atoms with E-state index in [2.05, 4.69) is 0 Å². The van der Waals surface area contributed by atoms with E-state index in [0.717, 1.165) is 4.90 Å². The van der Waals surface area contributed by atoms with Crippen LogP contribution >= 0.6 is 0 Å². The minimum atomic E-state index is -1.28. The number of carbonyl (C=O) groups excluding carboxylic acids is 1. The van der Waals surface area contributed by atoms with Crippen molar-refractivity contribution >= 4 is 11.6 Å². The van der Waals surface area contributed by atoms with Crippen LogP contribution in [0.15, 0.2) is 12.1 Å². The van der Waals surface area contributed by atoms with Gasteiger partial charge in [0.1, 0.15) is 5.82 Å². The topological polar surface area (TPSA) is 83.7 Å². The second-order valence-electron chi connectivity index (χ2n) is 3.65. The molecule has 1 amide bonds. The van der Waals surface area contributed by atoms with E-state index < -0.39 is 33.7 Å². The van der Waals surface area contributed by atoms with Crippen LogP contribution < -0.4 is 0 Å². The van der Waals surface area contributed by atoms with Crippen molar-refractivity contribution in [2.75, 3.05) is 19.7 Å². The summed E-state index contributed by atoms with van der Waals surface area (Å²) in [6.45, 7) is 1.44. The maximum absolute atomic E-state index is 13.6. The largest absolute Gasteiger partial charge is 0.395 e. The van der Waals surface area contributed by atoms with Crippen LogP contribution in [0.4, 0.5) is 14.5 Å². The van der Waals surface area contributed by atoms with Gasteiger partial charge in [0, 0.05) is 13.1 Å². The van der Waals surface area contributed by atoms with E-state index in [1.54, 1.807) is 6.92 Å². The molecule has 19 heavy (non-hydrogen) atoms. The third kappa shape index (κ3) is 3.22. The quantitative estimate of drug-likeness (QED) is 0.648. The standard InChI is InChI=1S/C11H12F2N2O4/c1-2-14(3-4-16)11(17)7-5-9(13)10(15(18)19)6-8(7)12/h5-6,16H,2-4H2,1H3. The molecule has 0 spiro atoms. The summed E-state index contributed by atoms with van der Waals surface area (Å²) in [7, 11) is 0. The van der Waals surface area contributed by atoms with Gasteiger partial charge in [0.25, 0.3) is 5.91 Å². The fourth-order valence-electron chi connectivity index (χ4n) is 1.53. The molecule has 0 aromatic heterocycles. The van der Waals surface area contributed by atoms with Crippen molar-refractivity contribution in [1.29, 1.82) is 0 Å². The maximum atomic E-state index is 13.6. The molecule has 1 N–H and O–H groups in total. The lowest BCUT2D eigenvalue weighted by atomic mass is 10.1. The number of rotatable bonds is 5. The average molecular weight is 274 g/mol. The molecule has 0 aliphatic rings. The molecular formula is C11H12F2N2O4. The molecule has 0 saturated carbocycles. The fraction of sp³-hybridized carbons (Fsp3) is 0.364. The molecule has 0 saturated heterocycles. The molecule has 1 aromatic rings. The molecule has 104 valence electrons. The number of halogens is 2. The summed E-state index contributed by atoms with van der Waals surface area (Å²) in [6, 6.07) is 0.866. The first-order valence-corrected chi connectivity index (χ1v) is 5.45. The Kier molecular flexibility index (Phi) is 4.87. The van der Waals surface area contributed by atoms with Crippen molar-refractivity contribution in [2.45, 2.75) is 6.92 Å². The Labute approximate surface area is 107 Å². The van der Waals surface area contributed by atoms with Gasteiger partial charge in [-0.1, -0.05) is 0 Å². The number of carbonyl (C=O) groups is 1. The van der Waals surface area contributed by atoms with E-state index in [1.165, 1.54) is 0 Å². The first kappa shape index (κ1) is 15.0. The molecule has 0 unspecified atom stereocenters. The third-order valence-corrected chi connectivity index (χ3v) is 2.50. The summed E-state index contributed by atoms with van der Waals surface area (Å²) in [5.74, 6) is -3.29. The lowest BCUT2D eigenvalue weighted by Gasteiger charge is -2.19. The zero-order chi connectivity index (χ0) is 14.6. The van der Waals surface area contributed by atoms with Crippen LogP contribution in [0.5, 0.6) is 0 Å². The number of hydrogen-bond donors (Lipinski definition) is 1. The summed E-state index contributed by atoms with van der Waals surface area (Å²) < 4.78 is 27.0. The highest BCUT2D eigenvalue weighted by Crippen LogP contribution is 2.22. The van der Waals surface area contributed by atoms with Gasteiger partial charge in [-0.3, -0.25) is 14.9 Å². The van der Waals surface area contributed by atoms with Gasteiger partial charge >= 0.3 is 5.69 Å². The molecular weight excluding hydrogens is 262 g/mol. The number of likely N-dealkylation sites (N-methyl/N-ethyl adjacent to an activating group) is 1. The van der Waals surface area contributed by atoms with Gasteiger partial charge in [-0.05, 0) is 13.0 Å². The number of amides is 1. The number of benzene rings is 1. The van der Waals surface area contributed by atoms with Gasteiger partial charge in [-0.25, -0.2) is 4.39 Å². The van der Waals surface area contributed by atoms with Crippen LogP contribution in [0.1, 0.15) is 17.3 Å². The van der Waals surface area contributed by atoms with Crippen molar-refractivity contribution in [2.24, 2.45) is 0 Å². The van der Waals surface area contributed by atoms with Gasteiger partial charge in [-0.15, -0.1) is 0 Å². The number of hydrogen-bond acceptors (Lipinski definition) is 4. The molecule has 0 fully saturated rings. The predicted octanol–water partition coefficient (Wildman–Crippen LogP) is 1.33. The number of aliphatic hydroxyl groups is 1. The molecule has 8 heteroatoms. The summed E-state index contributed by atoms with van der Waals surface area (Å²) in [5.41, 5.74) is -1.63. The highest BCUT2D eigenvalue weighted by atomic mass is 19.1. The normalized spacial score (nSPS) is 10.3. The predicted molar refractivity (Wildman–Crippen MR) is 61.7 cm³/mol. The first-order chi connectivity index (χ1) is 8.92. The van der Waals surface area contributed by atoms with Crippen molar-refractivity contribution in [3.8, 4) is 0 Å². The number of aliphatic hydroxyl groups excluding tert-OH is 1. The number of nitrogens with zero attached hydrogens (tertiary/aromatic N) is 2. The van der Waals surface area contributed by atoms with Crippen molar-refractivity contribution in [3.63, 3.8) is 0 Å². The van der Waals surface area contributed by atoms with Crippen LogP contribution in [0.25, 0.3) is 0 Å². The molecule has 6 nitrogen and oxygen atoms in total. The fourth-order valence-corrected chi connectivity index (χ4v) is 1.53. The Morgan fingerprint density at radius 2 is 2.05 bits per heavy atom. The van der Waals surface area contributed by atoms with Crippen LogP contribution in [-0.2, 0) is 0 Å². The minimum absolute atomic E-state index is 0.0343. The number of nitro groups is 1. The van der Waals surface area contributed by atoms with Crippen molar-refractivity contribution in [1.82, 2.24) is 4.90 Å². The monoisotopic (exact) mass is 274 g/mol. The lowest BCUT2D eigenvalue weighted by molar-refractivity contribution is -0.387. The Hall–Kier alpha value is -2.09. The zero-order valence-electron chi connectivity index (χ0n) is 10.1. The maximum Gasteiger partial charge on any atom is 0.307 e. The van der Waals surface area contributed by atoms with Crippen LogP contribution in [0, 0.1) is 21.7 Å². The number of nitro benzene ring substituents is 1. The summed E-state index contributed by atoms with van der Waals surface area (Å²) in [6.07, 6.45) is 0. The molecule has 0 radical (unpaired) electrons. The molecule has 0 atom stereocenters. The second kappa shape index (κ2) is 6.19. The van der Waals surface area contributed by atoms with E-state index in [9.17, 15) is 23.7 Å². The van der Waals surface area contributed by atoms with Gasteiger partial charge in [0.15, 0.2) is 0 Å². The highest BCUT2D eigenvalue weighted by molar-refractivity contribution is 5.94. The van der Waals surface area contributed by atoms with E-state index in [4.69, 9.17) is 5.11 Å². The molecule has 1 aromatic carbocycles. The van der Waals surface area contributed by atoms with Crippen LogP contribution in [-0.4, -0.2) is 40.5 Å². The summed E-state index contributed by atoms with van der Waals surface area (Å²) >= 11 is 0. The Bertz CT molecular complexity index is 508. The Morgan fingerprint density at radius 1 is 1.42 bits per heavy atom. The van der Waals surface area contributed by atoms with E-state index in [-0.39, 0.29) is 19.7 Å². The molecule has 0 heterocycles. The van der Waals surface area contributed by atoms with E-state index in [0.29, 0.717) is 12.1 Å². The van der Waals surface area contributed by atoms with E-state index in [1.807, 2.05) is 0 Å². The van der Waals surface area contributed by atoms with Gasteiger partial charge in [0.2, 0.25) is 5.82 Å². The lowest BCUT2D eigenvalue weighted by Crippen LogP contribution is -2.34. The van der Waals surface area contributed by atoms with Gasteiger partial charge < -0.3 is 10.0 Å². The Balaban J connectivity index is 3.17. The van der Waals surface area contributed by atoms with Crippen LogP contribution in [0.2, 0.25) is 0 Å². The second-order valence-corrected chi connectivity index (χ2v) is 3.65. The SMILES string of the molecule is CCN(CCO)C(=O)c1cc(F)c([N+](=O)[O-])cc1F.